The molecule has 0 spiro atoms. The Bertz CT molecular complexity index is 968. The molecule has 0 saturated carbocycles. The predicted octanol–water partition coefficient (Wildman–Crippen LogP) is 3.46. The Kier molecular flexibility index (Phi) is 5.19. The molecule has 0 N–H and O–H groups in total. The molecule has 1 unspecified atom stereocenters. The average molecular weight is 354 g/mol. The van der Waals surface area contributed by atoms with E-state index in [9.17, 15) is 9.59 Å². The smallest absolute Gasteiger partial charge is 0.309 e. The van der Waals surface area contributed by atoms with Crippen molar-refractivity contribution < 1.29 is 9.53 Å². The maximum Gasteiger partial charge on any atom is 0.309 e. The molecule has 0 saturated heterocycles. The summed E-state index contributed by atoms with van der Waals surface area (Å²) in [6.07, 6.45) is 0.481. The molecule has 1 atom stereocenters. The first-order chi connectivity index (χ1) is 12.1. The molecule has 6 heteroatoms. The Balaban J connectivity index is 1.91. The van der Waals surface area contributed by atoms with Gasteiger partial charge in [0.05, 0.1) is 23.6 Å². The molecule has 3 aromatic rings. The van der Waals surface area contributed by atoms with E-state index in [-0.39, 0.29) is 17.4 Å². The lowest BCUT2D eigenvalue weighted by atomic mass is 10.1. The van der Waals surface area contributed by atoms with Crippen LogP contribution in [0.1, 0.15) is 19.5 Å². The number of esters is 1. The molecule has 25 heavy (non-hydrogen) atoms. The summed E-state index contributed by atoms with van der Waals surface area (Å²) in [5.41, 5.74) is 1.16. The van der Waals surface area contributed by atoms with Gasteiger partial charge in [-0.05, 0) is 31.2 Å². The first-order valence-electron chi connectivity index (χ1n) is 8.11. The van der Waals surface area contributed by atoms with Crippen LogP contribution in [0.3, 0.4) is 0 Å². The molecule has 0 aliphatic rings. The van der Waals surface area contributed by atoms with Crippen LogP contribution in [-0.2, 0) is 16.0 Å². The van der Waals surface area contributed by atoms with Crippen LogP contribution < -0.4 is 5.56 Å². The number of benzene rings is 1. The molecule has 0 amide bonds. The molecule has 128 valence electrons. The Morgan fingerprint density at radius 2 is 1.96 bits per heavy atom. The van der Waals surface area contributed by atoms with Crippen LogP contribution in [0, 0.1) is 5.92 Å². The van der Waals surface area contributed by atoms with Gasteiger partial charge in [0.15, 0.2) is 0 Å². The first kappa shape index (κ1) is 17.2. The maximum atomic E-state index is 12.2. The van der Waals surface area contributed by atoms with E-state index in [4.69, 9.17) is 4.74 Å². The molecule has 0 fully saturated rings. The molecule has 0 radical (unpaired) electrons. The number of hydrogen-bond donors (Lipinski definition) is 0. The van der Waals surface area contributed by atoms with Crippen LogP contribution >= 0.6 is 11.3 Å². The predicted molar refractivity (Wildman–Crippen MR) is 98.6 cm³/mol. The largest absolute Gasteiger partial charge is 0.466 e. The lowest BCUT2D eigenvalue weighted by Gasteiger charge is -2.10. The molecule has 3 rings (SSSR count). The number of aromatic nitrogens is 2. The van der Waals surface area contributed by atoms with E-state index in [0.717, 1.165) is 10.4 Å². The lowest BCUT2D eigenvalue weighted by molar-refractivity contribution is -0.147. The number of carbonyl (C=O) groups excluding carboxylic acids is 1. The van der Waals surface area contributed by atoms with E-state index in [1.54, 1.807) is 13.0 Å². The van der Waals surface area contributed by atoms with Gasteiger partial charge in [-0.2, -0.15) is 4.98 Å². The highest BCUT2D eigenvalue weighted by Gasteiger charge is 2.16. The van der Waals surface area contributed by atoms with Crippen molar-refractivity contribution in [3.05, 3.63) is 58.5 Å². The SMILES string of the molecule is CCOC(=O)C(C)Cc1cccc(-c2nc(=O)c3ccccc3s2)n1. The van der Waals surface area contributed by atoms with Crippen LogP contribution in [0.4, 0.5) is 0 Å². The van der Waals surface area contributed by atoms with Gasteiger partial charge in [0.25, 0.3) is 5.56 Å². The van der Waals surface area contributed by atoms with Gasteiger partial charge < -0.3 is 4.74 Å². The Morgan fingerprint density at radius 3 is 2.76 bits per heavy atom. The minimum absolute atomic E-state index is 0.233. The minimum Gasteiger partial charge on any atom is -0.466 e. The summed E-state index contributed by atoms with van der Waals surface area (Å²) in [6, 6.07) is 13.0. The number of pyridine rings is 1. The van der Waals surface area contributed by atoms with E-state index >= 15 is 0 Å². The number of fused-ring (bicyclic) bond motifs is 1. The van der Waals surface area contributed by atoms with Gasteiger partial charge in [0.2, 0.25) is 0 Å². The quantitative estimate of drug-likeness (QED) is 0.656. The second-order valence-electron chi connectivity index (χ2n) is 5.69. The van der Waals surface area contributed by atoms with Crippen molar-refractivity contribution in [2.45, 2.75) is 20.3 Å². The van der Waals surface area contributed by atoms with Crippen LogP contribution in [0.2, 0.25) is 0 Å². The lowest BCUT2D eigenvalue weighted by Crippen LogP contribution is -2.17. The Hall–Kier alpha value is -2.60. The standard InChI is InChI=1S/C19H18N2O3S/c1-3-24-19(23)12(2)11-13-7-6-9-15(20-13)18-21-17(22)14-8-4-5-10-16(14)25-18/h4-10,12H,3,11H2,1-2H3. The molecule has 2 heterocycles. The minimum atomic E-state index is -0.272. The van der Waals surface area contributed by atoms with Crippen LogP contribution in [0.5, 0.6) is 0 Å². The zero-order valence-corrected chi connectivity index (χ0v) is 14.9. The molecular weight excluding hydrogens is 336 g/mol. The second-order valence-corrected chi connectivity index (χ2v) is 6.72. The molecule has 2 aromatic heterocycles. The highest BCUT2D eigenvalue weighted by atomic mass is 32.1. The van der Waals surface area contributed by atoms with Crippen molar-refractivity contribution >= 4 is 27.4 Å². The van der Waals surface area contributed by atoms with Gasteiger partial charge in [0, 0.05) is 16.8 Å². The third-order valence-electron chi connectivity index (χ3n) is 3.76. The topological polar surface area (TPSA) is 69.2 Å². The molecular formula is C19H18N2O3S. The molecule has 1 aromatic carbocycles. The summed E-state index contributed by atoms with van der Waals surface area (Å²) < 4.78 is 5.92. The molecule has 0 bridgehead atoms. The van der Waals surface area contributed by atoms with Crippen molar-refractivity contribution in [2.75, 3.05) is 6.61 Å². The van der Waals surface area contributed by atoms with Gasteiger partial charge >= 0.3 is 5.97 Å². The van der Waals surface area contributed by atoms with Crippen molar-refractivity contribution in [2.24, 2.45) is 5.92 Å². The third kappa shape index (κ3) is 3.91. The van der Waals surface area contributed by atoms with Gasteiger partial charge in [-0.25, -0.2) is 0 Å². The molecule has 5 nitrogen and oxygen atoms in total. The van der Waals surface area contributed by atoms with E-state index in [1.807, 2.05) is 43.3 Å². The van der Waals surface area contributed by atoms with E-state index in [1.165, 1.54) is 11.3 Å². The summed E-state index contributed by atoms with van der Waals surface area (Å²) in [7, 11) is 0. The highest BCUT2D eigenvalue weighted by Crippen LogP contribution is 2.25. The monoisotopic (exact) mass is 354 g/mol. The average Bonchev–Trinajstić information content (AvgIpc) is 2.62. The van der Waals surface area contributed by atoms with Gasteiger partial charge in [-0.15, -0.1) is 11.3 Å². The fourth-order valence-corrected chi connectivity index (χ4v) is 3.48. The van der Waals surface area contributed by atoms with E-state index in [2.05, 4.69) is 9.97 Å². The number of carbonyl (C=O) groups is 1. The Morgan fingerprint density at radius 1 is 1.16 bits per heavy atom. The summed E-state index contributed by atoms with van der Waals surface area (Å²) in [5.74, 6) is -0.505. The van der Waals surface area contributed by atoms with Crippen LogP contribution in [0.15, 0.2) is 47.3 Å². The van der Waals surface area contributed by atoms with Crippen LogP contribution in [0.25, 0.3) is 20.8 Å². The normalized spacial score (nSPS) is 12.1. The zero-order chi connectivity index (χ0) is 17.8. The van der Waals surface area contributed by atoms with Crippen molar-refractivity contribution in [1.82, 2.24) is 9.97 Å². The molecule has 0 aliphatic carbocycles. The Labute approximate surface area is 149 Å². The summed E-state index contributed by atoms with van der Waals surface area (Å²) in [5, 5.41) is 1.19. The van der Waals surface area contributed by atoms with Crippen LogP contribution in [-0.4, -0.2) is 22.5 Å². The number of ether oxygens (including phenoxy) is 1. The maximum absolute atomic E-state index is 12.2. The van der Waals surface area contributed by atoms with Crippen molar-refractivity contribution in [1.29, 1.82) is 0 Å². The third-order valence-corrected chi connectivity index (χ3v) is 4.83. The van der Waals surface area contributed by atoms with Gasteiger partial charge in [0.1, 0.15) is 5.01 Å². The summed E-state index contributed by atoms with van der Waals surface area (Å²) in [4.78, 5) is 32.7. The number of hydrogen-bond acceptors (Lipinski definition) is 6. The van der Waals surface area contributed by atoms with E-state index < -0.39 is 0 Å². The van der Waals surface area contributed by atoms with Crippen molar-refractivity contribution in [3.63, 3.8) is 0 Å². The fraction of sp³-hybridized carbons (Fsp3) is 0.263. The highest BCUT2D eigenvalue weighted by molar-refractivity contribution is 7.21. The fourth-order valence-electron chi connectivity index (χ4n) is 2.52. The second kappa shape index (κ2) is 7.53. The number of rotatable bonds is 5. The van der Waals surface area contributed by atoms with E-state index in [0.29, 0.717) is 29.1 Å². The zero-order valence-electron chi connectivity index (χ0n) is 14.1. The van der Waals surface area contributed by atoms with Gasteiger partial charge in [-0.3, -0.25) is 14.6 Å². The van der Waals surface area contributed by atoms with Crippen molar-refractivity contribution in [3.8, 4) is 10.7 Å². The summed E-state index contributed by atoms with van der Waals surface area (Å²) >= 11 is 1.43. The van der Waals surface area contributed by atoms with Gasteiger partial charge in [-0.1, -0.05) is 25.1 Å². The molecule has 0 aliphatic heterocycles. The number of nitrogens with zero attached hydrogens (tertiary/aromatic N) is 2. The first-order valence-corrected chi connectivity index (χ1v) is 8.93. The summed E-state index contributed by atoms with van der Waals surface area (Å²) in [6.45, 7) is 3.97.